The van der Waals surface area contributed by atoms with Crippen LogP contribution in [0.5, 0.6) is 0 Å². The van der Waals surface area contributed by atoms with Gasteiger partial charge in [-0.15, -0.1) is 0 Å². The van der Waals surface area contributed by atoms with Gasteiger partial charge in [-0.3, -0.25) is 4.79 Å². The fourth-order valence-electron chi connectivity index (χ4n) is 4.77. The molecule has 0 bridgehead atoms. The average molecular weight is 639 g/mol. The van der Waals surface area contributed by atoms with Crippen LogP contribution in [0.2, 0.25) is 0 Å². The Hall–Kier alpha value is -3.67. The molecule has 1 aliphatic heterocycles. The summed E-state index contributed by atoms with van der Waals surface area (Å²) in [5.74, 6) is -0.532. The number of amides is 1. The Morgan fingerprint density at radius 3 is 2.46 bits per heavy atom. The molecule has 1 aliphatic rings. The van der Waals surface area contributed by atoms with Gasteiger partial charge in [0.25, 0.3) is 0 Å². The highest BCUT2D eigenvalue weighted by Crippen LogP contribution is 2.27. The van der Waals surface area contributed by atoms with Crippen LogP contribution in [0.25, 0.3) is 11.3 Å². The van der Waals surface area contributed by atoms with Crippen LogP contribution in [0.15, 0.2) is 94.3 Å². The summed E-state index contributed by atoms with van der Waals surface area (Å²) in [6, 6.07) is 23.2. The zero-order valence-corrected chi connectivity index (χ0v) is 24.7. The fourth-order valence-corrected chi connectivity index (χ4v) is 6.69. The van der Waals surface area contributed by atoms with Crippen molar-refractivity contribution in [2.24, 2.45) is 0 Å². The summed E-state index contributed by atoms with van der Waals surface area (Å²) in [5, 5.41) is 6.23. The Labute approximate surface area is 247 Å². The van der Waals surface area contributed by atoms with Gasteiger partial charge >= 0.3 is 0 Å². The number of carbonyl (C=O) groups excluding carboxylic acids is 1. The molecule has 41 heavy (non-hydrogen) atoms. The van der Waals surface area contributed by atoms with Crippen molar-refractivity contribution in [2.45, 2.75) is 43.3 Å². The van der Waals surface area contributed by atoms with Gasteiger partial charge in [0.2, 0.25) is 21.9 Å². The molecule has 1 amide bonds. The van der Waals surface area contributed by atoms with Crippen LogP contribution in [-0.4, -0.2) is 41.2 Å². The van der Waals surface area contributed by atoms with Gasteiger partial charge in [-0.05, 0) is 67.8 Å². The maximum absolute atomic E-state index is 13.4. The molecular formula is C30H29BrFN5O3S. The monoisotopic (exact) mass is 637 g/mol. The maximum Gasteiger partial charge on any atom is 0.243 e. The highest BCUT2D eigenvalue weighted by molar-refractivity contribution is 9.10. The van der Waals surface area contributed by atoms with E-state index in [1.807, 2.05) is 67.6 Å². The minimum absolute atomic E-state index is 0.0446. The molecule has 8 nitrogen and oxygen atoms in total. The first-order valence-electron chi connectivity index (χ1n) is 13.2. The third-order valence-electron chi connectivity index (χ3n) is 6.93. The molecule has 11 heteroatoms. The number of aromatic nitrogens is 2. The number of benzene rings is 3. The van der Waals surface area contributed by atoms with Gasteiger partial charge in [-0.2, -0.15) is 4.31 Å². The fraction of sp³-hybridized carbons (Fsp3) is 0.233. The van der Waals surface area contributed by atoms with E-state index >= 15 is 0 Å². The number of halogens is 2. The predicted molar refractivity (Wildman–Crippen MR) is 159 cm³/mol. The van der Waals surface area contributed by atoms with Gasteiger partial charge in [0.15, 0.2) is 0 Å². The Bertz CT molecular complexity index is 1620. The molecule has 1 aromatic heterocycles. The van der Waals surface area contributed by atoms with Crippen LogP contribution < -0.4 is 10.6 Å². The number of nitrogens with zero attached hydrogens (tertiary/aromatic N) is 3. The molecule has 2 N–H and O–H groups in total. The van der Waals surface area contributed by atoms with Gasteiger partial charge in [0.1, 0.15) is 11.9 Å². The second kappa shape index (κ2) is 12.5. The summed E-state index contributed by atoms with van der Waals surface area (Å²) in [4.78, 5) is 22.6. The lowest BCUT2D eigenvalue weighted by molar-refractivity contribution is -0.124. The summed E-state index contributed by atoms with van der Waals surface area (Å²) in [7, 11) is -3.96. The molecule has 0 saturated carbocycles. The van der Waals surface area contributed by atoms with E-state index in [2.05, 4.69) is 31.5 Å². The van der Waals surface area contributed by atoms with Gasteiger partial charge in [-0.1, -0.05) is 58.4 Å². The summed E-state index contributed by atoms with van der Waals surface area (Å²) in [5.41, 5.74) is 3.20. The zero-order valence-electron chi connectivity index (χ0n) is 22.3. The molecule has 1 fully saturated rings. The topological polar surface area (TPSA) is 104 Å². The van der Waals surface area contributed by atoms with E-state index < -0.39 is 27.8 Å². The minimum atomic E-state index is -3.96. The Kier molecular flexibility index (Phi) is 8.77. The lowest BCUT2D eigenvalue weighted by Crippen LogP contribution is -2.45. The number of hydrogen-bond donors (Lipinski definition) is 2. The standard InChI is InChI=1S/C30H29BrFN5O3S/c1-20(21-6-3-2-4-7-21)34-30-35-25(18-27(36-30)22-9-11-23(31)12-10-22)19-33-29(38)28-8-5-17-37(28)41(39,40)26-15-13-24(32)14-16-26/h2-4,6-7,9-16,18,20,28H,5,8,17,19H2,1H3,(H,33,38)(H,34,35,36). The lowest BCUT2D eigenvalue weighted by Gasteiger charge is -2.23. The van der Waals surface area contributed by atoms with Crippen LogP contribution in [-0.2, 0) is 21.4 Å². The molecule has 2 atom stereocenters. The molecule has 2 heterocycles. The summed E-state index contributed by atoms with van der Waals surface area (Å²) < 4.78 is 41.9. The van der Waals surface area contributed by atoms with E-state index in [0.717, 1.165) is 27.7 Å². The van der Waals surface area contributed by atoms with Gasteiger partial charge in [-0.25, -0.2) is 22.8 Å². The van der Waals surface area contributed by atoms with Crippen molar-refractivity contribution in [3.63, 3.8) is 0 Å². The van der Waals surface area contributed by atoms with E-state index in [-0.39, 0.29) is 24.0 Å². The molecule has 0 spiro atoms. The van der Waals surface area contributed by atoms with Crippen molar-refractivity contribution in [3.05, 3.63) is 106 Å². The second-order valence-electron chi connectivity index (χ2n) is 9.80. The molecule has 4 aromatic rings. The van der Waals surface area contributed by atoms with Crippen molar-refractivity contribution in [1.82, 2.24) is 19.6 Å². The second-order valence-corrected chi connectivity index (χ2v) is 12.6. The molecule has 0 radical (unpaired) electrons. The number of hydrogen-bond acceptors (Lipinski definition) is 6. The Balaban J connectivity index is 1.36. The van der Waals surface area contributed by atoms with Crippen molar-refractivity contribution in [3.8, 4) is 11.3 Å². The van der Waals surface area contributed by atoms with Crippen LogP contribution >= 0.6 is 15.9 Å². The van der Waals surface area contributed by atoms with Gasteiger partial charge < -0.3 is 10.6 Å². The molecule has 3 aromatic carbocycles. The average Bonchev–Trinajstić information content (AvgIpc) is 3.48. The number of carbonyl (C=O) groups is 1. The first-order valence-corrected chi connectivity index (χ1v) is 15.4. The minimum Gasteiger partial charge on any atom is -0.349 e. The summed E-state index contributed by atoms with van der Waals surface area (Å²) in [6.45, 7) is 2.31. The molecule has 5 rings (SSSR count). The normalized spacial score (nSPS) is 16.3. The number of rotatable bonds is 9. The highest BCUT2D eigenvalue weighted by Gasteiger charge is 2.39. The predicted octanol–water partition coefficient (Wildman–Crippen LogP) is 5.69. The SMILES string of the molecule is CC(Nc1nc(CNC(=O)C2CCCN2S(=O)(=O)c2ccc(F)cc2)cc(-c2ccc(Br)cc2)n1)c1ccccc1. The number of anilines is 1. The van der Waals surface area contributed by atoms with E-state index in [4.69, 9.17) is 4.98 Å². The molecule has 1 saturated heterocycles. The van der Waals surface area contributed by atoms with Crippen molar-refractivity contribution >= 4 is 37.8 Å². The van der Waals surface area contributed by atoms with Crippen LogP contribution in [0, 0.1) is 5.82 Å². The third kappa shape index (κ3) is 6.80. The first kappa shape index (κ1) is 28.8. The number of sulfonamides is 1. The van der Waals surface area contributed by atoms with Crippen LogP contribution in [0.4, 0.5) is 10.3 Å². The van der Waals surface area contributed by atoms with Crippen molar-refractivity contribution in [1.29, 1.82) is 0 Å². The van der Waals surface area contributed by atoms with Gasteiger partial charge in [0.05, 0.1) is 28.9 Å². The van der Waals surface area contributed by atoms with Crippen molar-refractivity contribution < 1.29 is 17.6 Å². The van der Waals surface area contributed by atoms with E-state index in [0.29, 0.717) is 30.2 Å². The van der Waals surface area contributed by atoms with E-state index in [9.17, 15) is 17.6 Å². The molecular weight excluding hydrogens is 609 g/mol. The first-order chi connectivity index (χ1) is 19.7. The summed E-state index contributed by atoms with van der Waals surface area (Å²) >= 11 is 3.46. The van der Waals surface area contributed by atoms with E-state index in [1.165, 1.54) is 16.4 Å². The van der Waals surface area contributed by atoms with Gasteiger partial charge in [0, 0.05) is 16.6 Å². The molecule has 2 unspecified atom stereocenters. The zero-order chi connectivity index (χ0) is 29.0. The highest BCUT2D eigenvalue weighted by atomic mass is 79.9. The largest absolute Gasteiger partial charge is 0.349 e. The smallest absolute Gasteiger partial charge is 0.243 e. The quantitative estimate of drug-likeness (QED) is 0.244. The van der Waals surface area contributed by atoms with Crippen molar-refractivity contribution in [2.75, 3.05) is 11.9 Å². The van der Waals surface area contributed by atoms with Crippen LogP contribution in [0.1, 0.15) is 37.1 Å². The molecule has 0 aliphatic carbocycles. The Morgan fingerprint density at radius 1 is 1.05 bits per heavy atom. The van der Waals surface area contributed by atoms with Crippen LogP contribution in [0.3, 0.4) is 0 Å². The molecule has 212 valence electrons. The van der Waals surface area contributed by atoms with E-state index in [1.54, 1.807) is 0 Å². The number of nitrogens with one attached hydrogen (secondary N) is 2. The third-order valence-corrected chi connectivity index (χ3v) is 9.39. The Morgan fingerprint density at radius 2 is 1.76 bits per heavy atom. The summed E-state index contributed by atoms with van der Waals surface area (Å²) in [6.07, 6.45) is 0.937. The lowest BCUT2D eigenvalue weighted by atomic mass is 10.1. The maximum atomic E-state index is 13.4.